The number of benzene rings is 1. The molecule has 0 fully saturated rings. The van der Waals surface area contributed by atoms with E-state index in [-0.39, 0.29) is 22.5 Å². The number of aromatic hydroxyl groups is 1. The molecule has 94 valence electrons. The summed E-state index contributed by atoms with van der Waals surface area (Å²) in [6, 6.07) is 1.93. The molecular formula is C10H13BrN2O4. The maximum Gasteiger partial charge on any atom is 0.271 e. The minimum absolute atomic E-state index is 0.00937. The maximum atomic E-state index is 10.7. The van der Waals surface area contributed by atoms with Crippen molar-refractivity contribution in [3.05, 3.63) is 32.3 Å². The number of hydrogen-bond acceptors (Lipinski definition) is 5. The van der Waals surface area contributed by atoms with Crippen molar-refractivity contribution in [1.29, 1.82) is 0 Å². The Morgan fingerprint density at radius 2 is 2.18 bits per heavy atom. The van der Waals surface area contributed by atoms with E-state index in [4.69, 9.17) is 10.8 Å². The van der Waals surface area contributed by atoms with E-state index in [1.54, 1.807) is 0 Å². The molecule has 0 aromatic heterocycles. The zero-order valence-corrected chi connectivity index (χ0v) is 10.6. The van der Waals surface area contributed by atoms with Gasteiger partial charge in [0.25, 0.3) is 5.69 Å². The third-order valence-corrected chi connectivity index (χ3v) is 2.97. The van der Waals surface area contributed by atoms with Gasteiger partial charge in [-0.15, -0.1) is 0 Å². The van der Waals surface area contributed by atoms with Crippen molar-refractivity contribution in [3.8, 4) is 5.75 Å². The Labute approximate surface area is 106 Å². The van der Waals surface area contributed by atoms with Gasteiger partial charge in [0.05, 0.1) is 9.40 Å². The molecule has 0 aliphatic heterocycles. The molecule has 4 N–H and O–H groups in total. The van der Waals surface area contributed by atoms with Crippen LogP contribution in [0.15, 0.2) is 16.6 Å². The highest BCUT2D eigenvalue weighted by Crippen LogP contribution is 2.36. The van der Waals surface area contributed by atoms with Crippen molar-refractivity contribution in [3.63, 3.8) is 0 Å². The molecular weight excluding hydrogens is 292 g/mol. The molecule has 1 atom stereocenters. The lowest BCUT2D eigenvalue weighted by molar-refractivity contribution is -0.385. The second-order valence-electron chi connectivity index (χ2n) is 3.59. The molecule has 0 aliphatic rings. The summed E-state index contributed by atoms with van der Waals surface area (Å²) >= 11 is 3.04. The summed E-state index contributed by atoms with van der Waals surface area (Å²) in [5.74, 6) is -0.0963. The molecule has 17 heavy (non-hydrogen) atoms. The molecule has 0 bridgehead atoms. The second-order valence-corrected chi connectivity index (χ2v) is 4.45. The molecule has 0 aliphatic carbocycles. The first-order chi connectivity index (χ1) is 7.97. The number of nitro benzene ring substituents is 1. The zero-order chi connectivity index (χ0) is 13.0. The summed E-state index contributed by atoms with van der Waals surface area (Å²) in [7, 11) is 0. The van der Waals surface area contributed by atoms with Gasteiger partial charge >= 0.3 is 0 Å². The Balaban J connectivity index is 3.08. The van der Waals surface area contributed by atoms with Crippen LogP contribution in [0, 0.1) is 10.1 Å². The van der Waals surface area contributed by atoms with Crippen molar-refractivity contribution in [2.24, 2.45) is 5.73 Å². The molecule has 1 aromatic rings. The molecule has 7 heteroatoms. The number of nitrogens with two attached hydrogens (primary N) is 1. The number of aliphatic hydroxyl groups is 1. The van der Waals surface area contributed by atoms with Crippen molar-refractivity contribution >= 4 is 21.6 Å². The van der Waals surface area contributed by atoms with Crippen LogP contribution < -0.4 is 5.73 Å². The molecule has 0 spiro atoms. The van der Waals surface area contributed by atoms with Gasteiger partial charge in [-0.3, -0.25) is 10.1 Å². The molecule has 0 unspecified atom stereocenters. The fraction of sp³-hybridized carbons (Fsp3) is 0.400. The summed E-state index contributed by atoms with van der Waals surface area (Å²) < 4.78 is 0.237. The normalized spacial score (nSPS) is 12.4. The first kappa shape index (κ1) is 13.9. The van der Waals surface area contributed by atoms with E-state index in [0.29, 0.717) is 18.4 Å². The van der Waals surface area contributed by atoms with Crippen LogP contribution in [-0.2, 0) is 0 Å². The first-order valence-electron chi connectivity index (χ1n) is 5.00. The Kier molecular flexibility index (Phi) is 4.86. The smallest absolute Gasteiger partial charge is 0.271 e. The number of nitrogens with zero attached hydrogens (tertiary/aromatic N) is 1. The third-order valence-electron chi connectivity index (χ3n) is 2.36. The van der Waals surface area contributed by atoms with E-state index in [0.717, 1.165) is 0 Å². The average Bonchev–Trinajstić information content (AvgIpc) is 2.29. The predicted molar refractivity (Wildman–Crippen MR) is 65.7 cm³/mol. The topological polar surface area (TPSA) is 110 Å². The molecule has 0 saturated carbocycles. The lowest BCUT2D eigenvalue weighted by Gasteiger charge is -2.13. The van der Waals surface area contributed by atoms with Gasteiger partial charge < -0.3 is 15.9 Å². The van der Waals surface area contributed by atoms with E-state index < -0.39 is 11.0 Å². The van der Waals surface area contributed by atoms with Gasteiger partial charge in [0.1, 0.15) is 5.75 Å². The number of nitro groups is 1. The number of non-ortho nitro benzene ring substituents is 1. The van der Waals surface area contributed by atoms with E-state index in [1.807, 2.05) is 0 Å². The summed E-state index contributed by atoms with van der Waals surface area (Å²) in [4.78, 5) is 10.1. The van der Waals surface area contributed by atoms with Crippen LogP contribution in [0.3, 0.4) is 0 Å². The van der Waals surface area contributed by atoms with Gasteiger partial charge in [0.15, 0.2) is 0 Å². The fourth-order valence-corrected chi connectivity index (χ4v) is 1.92. The number of rotatable bonds is 5. The summed E-state index contributed by atoms with van der Waals surface area (Å²) in [6.07, 6.45) is 0.915. The van der Waals surface area contributed by atoms with E-state index >= 15 is 0 Å². The van der Waals surface area contributed by atoms with Crippen LogP contribution in [-0.4, -0.2) is 21.7 Å². The maximum absolute atomic E-state index is 10.7. The zero-order valence-electron chi connectivity index (χ0n) is 8.97. The van der Waals surface area contributed by atoms with Gasteiger partial charge in [-0.05, 0) is 28.8 Å². The van der Waals surface area contributed by atoms with Crippen LogP contribution in [0.25, 0.3) is 0 Å². The molecule has 1 rings (SSSR count). The number of hydrogen-bond donors (Lipinski definition) is 3. The van der Waals surface area contributed by atoms with Gasteiger partial charge in [-0.1, -0.05) is 0 Å². The van der Waals surface area contributed by atoms with Crippen LogP contribution in [0.2, 0.25) is 0 Å². The summed E-state index contributed by atoms with van der Waals surface area (Å²) in [5, 5.41) is 29.1. The molecule has 6 nitrogen and oxygen atoms in total. The minimum atomic E-state index is -0.549. The van der Waals surface area contributed by atoms with Crippen LogP contribution in [0.4, 0.5) is 5.69 Å². The fourth-order valence-electron chi connectivity index (χ4n) is 1.46. The number of halogens is 1. The standard InChI is InChI=1S/C10H13BrN2O4/c11-8-5-6(13(16)17)4-7(10(8)15)9(12)2-1-3-14/h4-5,9,14-15H,1-3,12H2/t9-/m1/s1. The van der Waals surface area contributed by atoms with Gasteiger partial charge in [-0.2, -0.15) is 0 Å². The molecule has 0 radical (unpaired) electrons. The predicted octanol–water partition coefficient (Wildman–Crippen LogP) is 1.84. The second kappa shape index (κ2) is 5.95. The molecule has 1 aromatic carbocycles. The Morgan fingerprint density at radius 3 is 2.71 bits per heavy atom. The molecule has 0 heterocycles. The SMILES string of the molecule is N[C@H](CCCO)c1cc([N+](=O)[O-])cc(Br)c1O. The molecule has 0 amide bonds. The highest BCUT2D eigenvalue weighted by molar-refractivity contribution is 9.10. The summed E-state index contributed by atoms with van der Waals surface area (Å²) in [5.41, 5.74) is 5.98. The number of phenolic OH excluding ortho intramolecular Hbond substituents is 1. The van der Waals surface area contributed by atoms with Crippen LogP contribution in [0.5, 0.6) is 5.75 Å². The first-order valence-corrected chi connectivity index (χ1v) is 5.80. The Hall–Kier alpha value is -1.18. The van der Waals surface area contributed by atoms with Crippen molar-refractivity contribution in [2.75, 3.05) is 6.61 Å². The van der Waals surface area contributed by atoms with E-state index in [9.17, 15) is 15.2 Å². The average molecular weight is 305 g/mol. The molecule has 0 saturated heterocycles. The highest BCUT2D eigenvalue weighted by atomic mass is 79.9. The Bertz CT molecular complexity index is 425. The Morgan fingerprint density at radius 1 is 1.53 bits per heavy atom. The quantitative estimate of drug-likeness (QED) is 0.568. The van der Waals surface area contributed by atoms with E-state index in [1.165, 1.54) is 12.1 Å². The number of phenols is 1. The van der Waals surface area contributed by atoms with Crippen LogP contribution in [0.1, 0.15) is 24.4 Å². The van der Waals surface area contributed by atoms with Gasteiger partial charge in [0, 0.05) is 30.3 Å². The van der Waals surface area contributed by atoms with Crippen molar-refractivity contribution in [2.45, 2.75) is 18.9 Å². The summed E-state index contributed by atoms with van der Waals surface area (Å²) in [6.45, 7) is -0.00937. The lowest BCUT2D eigenvalue weighted by atomic mass is 10.0. The third kappa shape index (κ3) is 3.39. The monoisotopic (exact) mass is 304 g/mol. The van der Waals surface area contributed by atoms with Crippen molar-refractivity contribution < 1.29 is 15.1 Å². The lowest BCUT2D eigenvalue weighted by Crippen LogP contribution is -2.11. The highest BCUT2D eigenvalue weighted by Gasteiger charge is 2.18. The number of aliphatic hydroxyl groups excluding tert-OH is 1. The largest absolute Gasteiger partial charge is 0.506 e. The minimum Gasteiger partial charge on any atom is -0.506 e. The van der Waals surface area contributed by atoms with Gasteiger partial charge in [0.2, 0.25) is 0 Å². The van der Waals surface area contributed by atoms with Crippen LogP contribution >= 0.6 is 15.9 Å². The van der Waals surface area contributed by atoms with E-state index in [2.05, 4.69) is 15.9 Å². The van der Waals surface area contributed by atoms with Gasteiger partial charge in [-0.25, -0.2) is 0 Å². The van der Waals surface area contributed by atoms with Crippen molar-refractivity contribution in [1.82, 2.24) is 0 Å².